The van der Waals surface area contributed by atoms with E-state index in [2.05, 4.69) is 10.3 Å². The number of hydrogen-bond acceptors (Lipinski definition) is 4. The van der Waals surface area contributed by atoms with Gasteiger partial charge in [-0.05, 0) is 47.7 Å². The lowest BCUT2D eigenvalue weighted by atomic mass is 10.1. The molecule has 0 saturated carbocycles. The van der Waals surface area contributed by atoms with Crippen LogP contribution in [0.25, 0.3) is 10.9 Å². The van der Waals surface area contributed by atoms with Gasteiger partial charge in [-0.3, -0.25) is 4.79 Å². The molecule has 0 aliphatic heterocycles. The fraction of sp³-hybridized carbons (Fsp3) is 0.273. The first-order valence-electron chi connectivity index (χ1n) is 9.52. The van der Waals surface area contributed by atoms with E-state index in [4.69, 9.17) is 4.74 Å². The summed E-state index contributed by atoms with van der Waals surface area (Å²) in [6.07, 6.45) is 2.93. The summed E-state index contributed by atoms with van der Waals surface area (Å²) in [6.45, 7) is -0.299. The standard InChI is InChI=1S/C22H22N2O5/c25-20-8-6-13-5-7-15(10-17(13)20)29-12-21(26)24-19(22(27)28)9-14-11-23-18-4-2-1-3-16(14)18/h1-5,7,10-11,19-20,23,25H,6,8-9,12H2,(H,24,26)(H,27,28)/t19-,20+/m0/s1. The number of amides is 1. The third kappa shape index (κ3) is 4.09. The molecule has 2 atom stereocenters. The van der Waals surface area contributed by atoms with Crippen molar-refractivity contribution >= 4 is 22.8 Å². The molecule has 0 spiro atoms. The smallest absolute Gasteiger partial charge is 0.326 e. The maximum Gasteiger partial charge on any atom is 0.326 e. The molecule has 0 bridgehead atoms. The normalized spacial score (nSPS) is 16.4. The average molecular weight is 394 g/mol. The SMILES string of the molecule is O=C(COc1ccc2c(c1)[C@H](O)CC2)N[C@@H](Cc1c[nH]c2ccccc12)C(=O)O. The zero-order valence-corrected chi connectivity index (χ0v) is 15.7. The van der Waals surface area contributed by atoms with Gasteiger partial charge in [0.05, 0.1) is 6.10 Å². The van der Waals surface area contributed by atoms with Crippen LogP contribution in [0.5, 0.6) is 5.75 Å². The number of fused-ring (bicyclic) bond motifs is 2. The number of hydrogen-bond donors (Lipinski definition) is 4. The van der Waals surface area contributed by atoms with Crippen molar-refractivity contribution in [3.8, 4) is 5.75 Å². The number of carboxylic acid groups (broad SMARTS) is 1. The summed E-state index contributed by atoms with van der Waals surface area (Å²) in [4.78, 5) is 27.0. The maximum absolute atomic E-state index is 12.3. The van der Waals surface area contributed by atoms with Gasteiger partial charge in [-0.2, -0.15) is 0 Å². The first-order chi connectivity index (χ1) is 14.0. The largest absolute Gasteiger partial charge is 0.484 e. The number of aliphatic hydroxyl groups is 1. The van der Waals surface area contributed by atoms with Crippen LogP contribution in [0.3, 0.4) is 0 Å². The molecule has 1 heterocycles. The zero-order chi connectivity index (χ0) is 20.4. The van der Waals surface area contributed by atoms with Crippen LogP contribution in [0.4, 0.5) is 0 Å². The number of aliphatic carboxylic acids is 1. The second kappa shape index (κ2) is 7.97. The van der Waals surface area contributed by atoms with E-state index in [0.717, 1.165) is 34.0 Å². The van der Waals surface area contributed by atoms with E-state index in [0.29, 0.717) is 12.2 Å². The summed E-state index contributed by atoms with van der Waals surface area (Å²) >= 11 is 0. The zero-order valence-electron chi connectivity index (χ0n) is 15.7. The Hall–Kier alpha value is -3.32. The summed E-state index contributed by atoms with van der Waals surface area (Å²) in [5.41, 5.74) is 3.64. The number of para-hydroxylation sites is 1. The quantitative estimate of drug-likeness (QED) is 0.491. The third-order valence-electron chi connectivity index (χ3n) is 5.27. The minimum Gasteiger partial charge on any atom is -0.484 e. The van der Waals surface area contributed by atoms with Crippen LogP contribution in [0.2, 0.25) is 0 Å². The number of aliphatic hydroxyl groups excluding tert-OH is 1. The van der Waals surface area contributed by atoms with Crippen molar-refractivity contribution in [2.24, 2.45) is 0 Å². The van der Waals surface area contributed by atoms with Gasteiger partial charge in [0.25, 0.3) is 5.91 Å². The van der Waals surface area contributed by atoms with E-state index in [1.165, 1.54) is 0 Å². The highest BCUT2D eigenvalue weighted by Gasteiger charge is 2.23. The van der Waals surface area contributed by atoms with Gasteiger partial charge in [0, 0.05) is 23.5 Å². The van der Waals surface area contributed by atoms with Gasteiger partial charge in [0.1, 0.15) is 11.8 Å². The lowest BCUT2D eigenvalue weighted by Crippen LogP contribution is -2.44. The number of carbonyl (C=O) groups excluding carboxylic acids is 1. The summed E-state index contributed by atoms with van der Waals surface area (Å²) in [5.74, 6) is -1.15. The molecule has 0 saturated heterocycles. The predicted molar refractivity (Wildman–Crippen MR) is 107 cm³/mol. The van der Waals surface area contributed by atoms with Crippen molar-refractivity contribution in [1.29, 1.82) is 0 Å². The van der Waals surface area contributed by atoms with E-state index < -0.39 is 24.0 Å². The number of H-pyrrole nitrogens is 1. The monoisotopic (exact) mass is 394 g/mol. The number of aromatic amines is 1. The van der Waals surface area contributed by atoms with Crippen molar-refractivity contribution in [3.05, 3.63) is 65.4 Å². The van der Waals surface area contributed by atoms with Crippen LogP contribution in [-0.2, 0) is 22.4 Å². The molecule has 1 aliphatic rings. The lowest BCUT2D eigenvalue weighted by Gasteiger charge is -2.15. The molecular weight excluding hydrogens is 372 g/mol. The number of nitrogens with one attached hydrogen (secondary N) is 2. The van der Waals surface area contributed by atoms with Crippen LogP contribution < -0.4 is 10.1 Å². The maximum atomic E-state index is 12.3. The molecule has 2 aromatic carbocycles. The van der Waals surface area contributed by atoms with E-state index in [9.17, 15) is 19.8 Å². The van der Waals surface area contributed by atoms with Gasteiger partial charge in [-0.15, -0.1) is 0 Å². The molecular formula is C22H22N2O5. The minimum atomic E-state index is -1.11. The van der Waals surface area contributed by atoms with Crippen molar-refractivity contribution < 1.29 is 24.5 Å². The molecule has 29 heavy (non-hydrogen) atoms. The molecule has 0 unspecified atom stereocenters. The molecule has 1 amide bonds. The van der Waals surface area contributed by atoms with Gasteiger partial charge in [-0.25, -0.2) is 4.79 Å². The summed E-state index contributed by atoms with van der Waals surface area (Å²) in [7, 11) is 0. The Balaban J connectivity index is 1.38. The van der Waals surface area contributed by atoms with Gasteiger partial charge < -0.3 is 25.3 Å². The van der Waals surface area contributed by atoms with Crippen molar-refractivity contribution in [2.45, 2.75) is 31.4 Å². The second-order valence-electron chi connectivity index (χ2n) is 7.23. The van der Waals surface area contributed by atoms with Crippen molar-refractivity contribution in [1.82, 2.24) is 10.3 Å². The molecule has 3 aromatic rings. The van der Waals surface area contributed by atoms with E-state index in [1.807, 2.05) is 30.3 Å². The number of aromatic nitrogens is 1. The average Bonchev–Trinajstić information content (AvgIpc) is 3.29. The summed E-state index contributed by atoms with van der Waals surface area (Å²) in [6, 6.07) is 11.9. The van der Waals surface area contributed by atoms with E-state index >= 15 is 0 Å². The van der Waals surface area contributed by atoms with E-state index in [1.54, 1.807) is 18.3 Å². The van der Waals surface area contributed by atoms with Crippen LogP contribution >= 0.6 is 0 Å². The van der Waals surface area contributed by atoms with Crippen LogP contribution in [0.1, 0.15) is 29.2 Å². The Bertz CT molecular complexity index is 1060. The number of rotatable bonds is 7. The molecule has 7 nitrogen and oxygen atoms in total. The molecule has 150 valence electrons. The Morgan fingerprint density at radius 3 is 2.90 bits per heavy atom. The van der Waals surface area contributed by atoms with E-state index in [-0.39, 0.29) is 13.0 Å². The number of carbonyl (C=O) groups is 2. The highest BCUT2D eigenvalue weighted by Crippen LogP contribution is 2.33. The number of aryl methyl sites for hydroxylation is 1. The van der Waals surface area contributed by atoms with Crippen molar-refractivity contribution in [3.63, 3.8) is 0 Å². The Morgan fingerprint density at radius 2 is 2.07 bits per heavy atom. The molecule has 0 radical (unpaired) electrons. The van der Waals surface area contributed by atoms with Crippen LogP contribution in [0.15, 0.2) is 48.7 Å². The predicted octanol–water partition coefficient (Wildman–Crippen LogP) is 2.34. The lowest BCUT2D eigenvalue weighted by molar-refractivity contribution is -0.142. The van der Waals surface area contributed by atoms with Crippen LogP contribution in [0, 0.1) is 0 Å². The molecule has 0 fully saturated rings. The molecule has 1 aromatic heterocycles. The number of benzene rings is 2. The van der Waals surface area contributed by atoms with Gasteiger partial charge in [0.15, 0.2) is 6.61 Å². The topological polar surface area (TPSA) is 112 Å². The van der Waals surface area contributed by atoms with Gasteiger partial charge in [-0.1, -0.05) is 24.3 Å². The van der Waals surface area contributed by atoms with Gasteiger partial charge >= 0.3 is 5.97 Å². The number of ether oxygens (including phenoxy) is 1. The molecule has 7 heteroatoms. The fourth-order valence-corrected chi connectivity index (χ4v) is 3.75. The Labute approximate surface area is 167 Å². The Morgan fingerprint density at radius 1 is 1.24 bits per heavy atom. The highest BCUT2D eigenvalue weighted by atomic mass is 16.5. The van der Waals surface area contributed by atoms with Crippen LogP contribution in [-0.4, -0.2) is 39.7 Å². The summed E-state index contributed by atoms with van der Waals surface area (Å²) in [5, 5.41) is 22.9. The Kier molecular flexibility index (Phi) is 5.22. The van der Waals surface area contributed by atoms with Gasteiger partial charge in [0.2, 0.25) is 0 Å². The molecule has 4 rings (SSSR count). The third-order valence-corrected chi connectivity index (χ3v) is 5.27. The minimum absolute atomic E-state index is 0.163. The fourth-order valence-electron chi connectivity index (χ4n) is 3.75. The molecule has 1 aliphatic carbocycles. The first-order valence-corrected chi connectivity index (χ1v) is 9.52. The highest BCUT2D eigenvalue weighted by molar-refractivity contribution is 5.87. The first kappa shape index (κ1) is 19.0. The second-order valence-corrected chi connectivity index (χ2v) is 7.23. The summed E-state index contributed by atoms with van der Waals surface area (Å²) < 4.78 is 5.51. The number of carboxylic acids is 1. The van der Waals surface area contributed by atoms with Crippen molar-refractivity contribution in [2.75, 3.05) is 6.61 Å². The molecule has 4 N–H and O–H groups in total.